The molecule has 1 heterocycles. The minimum atomic E-state index is 0.233. The van der Waals surface area contributed by atoms with E-state index in [1.807, 2.05) is 19.1 Å². The van der Waals surface area contributed by atoms with E-state index in [4.69, 9.17) is 14.6 Å². The monoisotopic (exact) mass is 251 g/mol. The Morgan fingerprint density at radius 1 is 1.28 bits per heavy atom. The van der Waals surface area contributed by atoms with Crippen LogP contribution in [0.3, 0.4) is 0 Å². The topological polar surface area (TPSA) is 50.7 Å². The maximum Gasteiger partial charge on any atom is 0.161 e. The highest BCUT2D eigenvalue weighted by Crippen LogP contribution is 2.30. The molecule has 18 heavy (non-hydrogen) atoms. The Kier molecular flexibility index (Phi) is 4.84. The molecule has 0 spiro atoms. The molecular formula is C14H21NO3. The summed E-state index contributed by atoms with van der Waals surface area (Å²) in [5.41, 5.74) is 1.24. The van der Waals surface area contributed by atoms with E-state index < -0.39 is 0 Å². The van der Waals surface area contributed by atoms with E-state index in [1.165, 1.54) is 5.56 Å². The smallest absolute Gasteiger partial charge is 0.161 e. The zero-order valence-corrected chi connectivity index (χ0v) is 10.8. The van der Waals surface area contributed by atoms with E-state index in [0.29, 0.717) is 19.1 Å². The molecule has 4 heteroatoms. The number of hydrogen-bond acceptors (Lipinski definition) is 4. The van der Waals surface area contributed by atoms with Crippen LogP contribution in [-0.2, 0) is 6.42 Å². The van der Waals surface area contributed by atoms with Crippen LogP contribution in [0.15, 0.2) is 18.2 Å². The Morgan fingerprint density at radius 3 is 2.83 bits per heavy atom. The van der Waals surface area contributed by atoms with Gasteiger partial charge in [-0.2, -0.15) is 0 Å². The van der Waals surface area contributed by atoms with Crippen molar-refractivity contribution in [1.82, 2.24) is 5.32 Å². The molecule has 1 unspecified atom stereocenters. The number of benzene rings is 1. The largest absolute Gasteiger partial charge is 0.486 e. The molecule has 1 aliphatic rings. The Balaban J connectivity index is 1.79. The van der Waals surface area contributed by atoms with Gasteiger partial charge in [0, 0.05) is 6.61 Å². The van der Waals surface area contributed by atoms with Crippen LogP contribution >= 0.6 is 0 Å². The first kappa shape index (κ1) is 13.2. The van der Waals surface area contributed by atoms with Gasteiger partial charge in [0.1, 0.15) is 13.2 Å². The standard InChI is InChI=1S/C14H21NO3/c1-11(10-16)9-15-5-4-12-2-3-13-14(8-12)18-7-6-17-13/h2-3,8,11,15-16H,4-7,9-10H2,1H3. The van der Waals surface area contributed by atoms with E-state index >= 15 is 0 Å². The third-order valence-electron chi connectivity index (χ3n) is 3.00. The molecule has 0 aromatic heterocycles. The molecule has 0 fully saturated rings. The van der Waals surface area contributed by atoms with Gasteiger partial charge in [-0.3, -0.25) is 0 Å². The second kappa shape index (κ2) is 6.61. The van der Waals surface area contributed by atoms with Gasteiger partial charge >= 0.3 is 0 Å². The van der Waals surface area contributed by atoms with Gasteiger partial charge < -0.3 is 19.9 Å². The van der Waals surface area contributed by atoms with Gasteiger partial charge in [-0.1, -0.05) is 13.0 Å². The third kappa shape index (κ3) is 3.62. The van der Waals surface area contributed by atoms with Crippen LogP contribution in [0, 0.1) is 5.92 Å². The van der Waals surface area contributed by atoms with Gasteiger partial charge in [-0.15, -0.1) is 0 Å². The van der Waals surface area contributed by atoms with Crippen LogP contribution in [0.25, 0.3) is 0 Å². The van der Waals surface area contributed by atoms with Crippen molar-refractivity contribution in [2.24, 2.45) is 5.92 Å². The Labute approximate surface area is 108 Å². The molecule has 0 amide bonds. The highest BCUT2D eigenvalue weighted by atomic mass is 16.6. The molecule has 2 N–H and O–H groups in total. The molecule has 1 atom stereocenters. The minimum Gasteiger partial charge on any atom is -0.486 e. The van der Waals surface area contributed by atoms with Crippen molar-refractivity contribution >= 4 is 0 Å². The Hall–Kier alpha value is -1.26. The summed E-state index contributed by atoms with van der Waals surface area (Å²) in [6, 6.07) is 6.09. The van der Waals surface area contributed by atoms with Gasteiger partial charge in [0.05, 0.1) is 0 Å². The normalized spacial score (nSPS) is 15.4. The summed E-state index contributed by atoms with van der Waals surface area (Å²) in [5.74, 6) is 2.00. The number of ether oxygens (including phenoxy) is 2. The molecule has 0 saturated carbocycles. The van der Waals surface area contributed by atoms with Gasteiger partial charge in [-0.25, -0.2) is 0 Å². The van der Waals surface area contributed by atoms with Gasteiger partial charge in [0.25, 0.3) is 0 Å². The summed E-state index contributed by atoms with van der Waals surface area (Å²) in [7, 11) is 0. The number of nitrogens with one attached hydrogen (secondary N) is 1. The van der Waals surface area contributed by atoms with Crippen molar-refractivity contribution in [2.45, 2.75) is 13.3 Å². The van der Waals surface area contributed by atoms with Crippen LogP contribution in [0.4, 0.5) is 0 Å². The fourth-order valence-corrected chi connectivity index (χ4v) is 1.89. The lowest BCUT2D eigenvalue weighted by atomic mass is 10.1. The first-order valence-electron chi connectivity index (χ1n) is 6.49. The van der Waals surface area contributed by atoms with Crippen LogP contribution in [-0.4, -0.2) is 38.0 Å². The van der Waals surface area contributed by atoms with E-state index in [0.717, 1.165) is 31.0 Å². The third-order valence-corrected chi connectivity index (χ3v) is 3.00. The molecule has 2 rings (SSSR count). The Bertz CT molecular complexity index is 381. The number of aliphatic hydroxyl groups is 1. The summed E-state index contributed by atoms with van der Waals surface area (Å²) < 4.78 is 11.0. The van der Waals surface area contributed by atoms with E-state index in [9.17, 15) is 0 Å². The minimum absolute atomic E-state index is 0.233. The quantitative estimate of drug-likeness (QED) is 0.746. The number of aliphatic hydroxyl groups excluding tert-OH is 1. The zero-order chi connectivity index (χ0) is 12.8. The summed E-state index contributed by atoms with van der Waals surface area (Å²) in [6.07, 6.45) is 0.953. The first-order valence-corrected chi connectivity index (χ1v) is 6.49. The van der Waals surface area contributed by atoms with Crippen molar-refractivity contribution in [3.05, 3.63) is 23.8 Å². The predicted molar refractivity (Wildman–Crippen MR) is 70.3 cm³/mol. The number of rotatable bonds is 6. The number of hydrogen-bond donors (Lipinski definition) is 2. The van der Waals surface area contributed by atoms with Gasteiger partial charge in [0.2, 0.25) is 0 Å². The van der Waals surface area contributed by atoms with E-state index in [2.05, 4.69) is 11.4 Å². The van der Waals surface area contributed by atoms with Crippen LogP contribution in [0.2, 0.25) is 0 Å². The first-order chi connectivity index (χ1) is 8.79. The second-order valence-corrected chi connectivity index (χ2v) is 4.72. The molecule has 100 valence electrons. The molecular weight excluding hydrogens is 230 g/mol. The molecule has 1 aromatic rings. The van der Waals surface area contributed by atoms with Gasteiger partial charge in [0.15, 0.2) is 11.5 Å². The lowest BCUT2D eigenvalue weighted by Crippen LogP contribution is -2.25. The van der Waals surface area contributed by atoms with Crippen molar-refractivity contribution in [3.8, 4) is 11.5 Å². The number of fused-ring (bicyclic) bond motifs is 1. The van der Waals surface area contributed by atoms with E-state index in [1.54, 1.807) is 0 Å². The lowest BCUT2D eigenvalue weighted by Gasteiger charge is -2.19. The van der Waals surface area contributed by atoms with Crippen LogP contribution < -0.4 is 14.8 Å². The SMILES string of the molecule is CC(CO)CNCCc1ccc2c(c1)OCCO2. The van der Waals surface area contributed by atoms with Crippen molar-refractivity contribution in [3.63, 3.8) is 0 Å². The predicted octanol–water partition coefficient (Wildman–Crippen LogP) is 1.22. The zero-order valence-electron chi connectivity index (χ0n) is 10.8. The van der Waals surface area contributed by atoms with Crippen LogP contribution in [0.1, 0.15) is 12.5 Å². The maximum absolute atomic E-state index is 8.91. The molecule has 0 saturated heterocycles. The molecule has 4 nitrogen and oxygen atoms in total. The average Bonchev–Trinajstić information content (AvgIpc) is 2.43. The van der Waals surface area contributed by atoms with E-state index in [-0.39, 0.29) is 6.61 Å². The molecule has 0 radical (unpaired) electrons. The van der Waals surface area contributed by atoms with Crippen molar-refractivity contribution in [1.29, 1.82) is 0 Å². The van der Waals surface area contributed by atoms with Gasteiger partial charge in [-0.05, 0) is 43.1 Å². The summed E-state index contributed by atoms with van der Waals surface area (Å²) in [4.78, 5) is 0. The second-order valence-electron chi connectivity index (χ2n) is 4.72. The molecule has 1 aliphatic heterocycles. The maximum atomic E-state index is 8.91. The molecule has 0 aliphatic carbocycles. The summed E-state index contributed by atoms with van der Waals surface area (Å²) >= 11 is 0. The van der Waals surface area contributed by atoms with Crippen molar-refractivity contribution in [2.75, 3.05) is 32.9 Å². The highest BCUT2D eigenvalue weighted by Gasteiger charge is 2.11. The Morgan fingerprint density at radius 2 is 2.06 bits per heavy atom. The highest BCUT2D eigenvalue weighted by molar-refractivity contribution is 5.43. The lowest BCUT2D eigenvalue weighted by molar-refractivity contribution is 0.171. The molecule has 1 aromatic carbocycles. The summed E-state index contributed by atoms with van der Waals surface area (Å²) in [6.45, 7) is 5.27. The fourth-order valence-electron chi connectivity index (χ4n) is 1.89. The average molecular weight is 251 g/mol. The molecule has 0 bridgehead atoms. The van der Waals surface area contributed by atoms with Crippen molar-refractivity contribution < 1.29 is 14.6 Å². The van der Waals surface area contributed by atoms with Crippen LogP contribution in [0.5, 0.6) is 11.5 Å². The summed E-state index contributed by atoms with van der Waals surface area (Å²) in [5, 5.41) is 12.2. The fraction of sp³-hybridized carbons (Fsp3) is 0.571.